The molecule has 2 heterocycles. The number of aromatic nitrogens is 3. The number of hydrogen-bond acceptors (Lipinski definition) is 2. The van der Waals surface area contributed by atoms with Crippen LogP contribution in [0.3, 0.4) is 0 Å². The van der Waals surface area contributed by atoms with Crippen molar-refractivity contribution in [2.45, 2.75) is 26.4 Å². The first-order chi connectivity index (χ1) is 9.88. The molecule has 0 saturated heterocycles. The number of fused-ring (bicyclic) bond motifs is 1. The van der Waals surface area contributed by atoms with Gasteiger partial charge in [0.15, 0.2) is 0 Å². The fourth-order valence-electron chi connectivity index (χ4n) is 2.57. The van der Waals surface area contributed by atoms with Crippen molar-refractivity contribution in [3.63, 3.8) is 0 Å². The zero-order valence-corrected chi connectivity index (χ0v) is 11.8. The van der Waals surface area contributed by atoms with Gasteiger partial charge in [-0.05, 0) is 37.6 Å². The van der Waals surface area contributed by atoms with Gasteiger partial charge in [0.25, 0.3) is 0 Å². The zero-order valence-electron chi connectivity index (χ0n) is 11.8. The third kappa shape index (κ3) is 2.60. The quantitative estimate of drug-likeness (QED) is 0.675. The Morgan fingerprint density at radius 2 is 2.15 bits per heavy atom. The summed E-state index contributed by atoms with van der Waals surface area (Å²) in [6, 6.07) is 10.5. The Bertz CT molecular complexity index is 680. The van der Waals surface area contributed by atoms with Gasteiger partial charge in [-0.25, -0.2) is 0 Å². The standard InChI is InChI=1S/C16H20N4/c1-2-20-14(8-10-19-20)12-17-9-7-13-11-18-16-6-4-3-5-15(13)16/h3-6,8,10-11,17-18H,2,7,9,12H2,1H3. The molecule has 0 bridgehead atoms. The smallest absolute Gasteiger partial charge is 0.0521 e. The minimum Gasteiger partial charge on any atom is -0.361 e. The molecule has 0 aliphatic heterocycles. The second-order valence-electron chi connectivity index (χ2n) is 4.92. The molecule has 0 saturated carbocycles. The Labute approximate surface area is 118 Å². The Kier molecular flexibility index (Phi) is 3.83. The molecule has 4 nitrogen and oxygen atoms in total. The van der Waals surface area contributed by atoms with Crippen molar-refractivity contribution in [1.29, 1.82) is 0 Å². The zero-order chi connectivity index (χ0) is 13.8. The van der Waals surface area contributed by atoms with Gasteiger partial charge in [0, 0.05) is 36.4 Å². The highest BCUT2D eigenvalue weighted by Gasteiger charge is 2.03. The van der Waals surface area contributed by atoms with Crippen LogP contribution in [0.15, 0.2) is 42.7 Å². The first-order valence-electron chi connectivity index (χ1n) is 7.15. The molecule has 0 atom stereocenters. The molecular weight excluding hydrogens is 248 g/mol. The topological polar surface area (TPSA) is 45.6 Å². The van der Waals surface area contributed by atoms with E-state index >= 15 is 0 Å². The lowest BCUT2D eigenvalue weighted by atomic mass is 10.1. The van der Waals surface area contributed by atoms with Crippen LogP contribution in [0.2, 0.25) is 0 Å². The number of benzene rings is 1. The van der Waals surface area contributed by atoms with E-state index in [-0.39, 0.29) is 0 Å². The Balaban J connectivity index is 1.55. The van der Waals surface area contributed by atoms with Crippen molar-refractivity contribution in [1.82, 2.24) is 20.1 Å². The second kappa shape index (κ2) is 5.92. The summed E-state index contributed by atoms with van der Waals surface area (Å²) in [7, 11) is 0. The normalized spacial score (nSPS) is 11.2. The molecule has 4 heteroatoms. The summed E-state index contributed by atoms with van der Waals surface area (Å²) in [6.07, 6.45) is 5.01. The summed E-state index contributed by atoms with van der Waals surface area (Å²) in [5.74, 6) is 0. The Morgan fingerprint density at radius 3 is 3.05 bits per heavy atom. The van der Waals surface area contributed by atoms with E-state index < -0.39 is 0 Å². The number of rotatable bonds is 6. The molecule has 0 radical (unpaired) electrons. The van der Waals surface area contributed by atoms with Crippen molar-refractivity contribution < 1.29 is 0 Å². The summed E-state index contributed by atoms with van der Waals surface area (Å²) in [6.45, 7) is 4.88. The predicted octanol–water partition coefficient (Wildman–Crippen LogP) is 2.72. The molecule has 3 rings (SSSR count). The third-order valence-corrected chi connectivity index (χ3v) is 3.66. The summed E-state index contributed by atoms with van der Waals surface area (Å²) in [5, 5.41) is 9.09. The average molecular weight is 268 g/mol. The summed E-state index contributed by atoms with van der Waals surface area (Å²) in [4.78, 5) is 3.32. The van der Waals surface area contributed by atoms with Crippen molar-refractivity contribution in [2.24, 2.45) is 0 Å². The predicted molar refractivity (Wildman–Crippen MR) is 81.6 cm³/mol. The second-order valence-corrected chi connectivity index (χ2v) is 4.92. The molecule has 3 aromatic rings. The molecule has 0 aliphatic rings. The third-order valence-electron chi connectivity index (χ3n) is 3.66. The molecular formula is C16H20N4. The number of para-hydroxylation sites is 1. The fraction of sp³-hybridized carbons (Fsp3) is 0.312. The van der Waals surface area contributed by atoms with Crippen LogP contribution in [0, 0.1) is 0 Å². The maximum atomic E-state index is 4.28. The lowest BCUT2D eigenvalue weighted by Gasteiger charge is -2.06. The first kappa shape index (κ1) is 12.9. The van der Waals surface area contributed by atoms with Crippen molar-refractivity contribution >= 4 is 10.9 Å². The summed E-state index contributed by atoms with van der Waals surface area (Å²) >= 11 is 0. The van der Waals surface area contributed by atoms with E-state index in [1.165, 1.54) is 22.2 Å². The molecule has 0 amide bonds. The van der Waals surface area contributed by atoms with E-state index in [1.54, 1.807) is 0 Å². The maximum Gasteiger partial charge on any atom is 0.0521 e. The number of nitrogens with one attached hydrogen (secondary N) is 2. The van der Waals surface area contributed by atoms with Gasteiger partial charge in [-0.15, -0.1) is 0 Å². The molecule has 2 N–H and O–H groups in total. The van der Waals surface area contributed by atoms with Crippen LogP contribution < -0.4 is 5.32 Å². The Morgan fingerprint density at radius 1 is 1.25 bits per heavy atom. The number of H-pyrrole nitrogens is 1. The number of aromatic amines is 1. The van der Waals surface area contributed by atoms with Crippen LogP contribution in [0.4, 0.5) is 0 Å². The van der Waals surface area contributed by atoms with E-state index in [0.29, 0.717) is 0 Å². The molecule has 0 fully saturated rings. The highest BCUT2D eigenvalue weighted by molar-refractivity contribution is 5.83. The van der Waals surface area contributed by atoms with Crippen LogP contribution >= 0.6 is 0 Å². The molecule has 2 aromatic heterocycles. The number of aryl methyl sites for hydroxylation is 1. The van der Waals surface area contributed by atoms with Crippen LogP contribution in [0.25, 0.3) is 10.9 Å². The average Bonchev–Trinajstić information content (AvgIpc) is 3.10. The fourth-order valence-corrected chi connectivity index (χ4v) is 2.57. The molecule has 0 aliphatic carbocycles. The van der Waals surface area contributed by atoms with E-state index in [4.69, 9.17) is 0 Å². The molecule has 1 aromatic carbocycles. The van der Waals surface area contributed by atoms with Gasteiger partial charge in [0.2, 0.25) is 0 Å². The number of hydrogen-bond donors (Lipinski definition) is 2. The Hall–Kier alpha value is -2.07. The van der Waals surface area contributed by atoms with Crippen LogP contribution in [-0.2, 0) is 19.5 Å². The molecule has 0 unspecified atom stereocenters. The van der Waals surface area contributed by atoms with Gasteiger partial charge in [-0.1, -0.05) is 18.2 Å². The first-order valence-corrected chi connectivity index (χ1v) is 7.15. The van der Waals surface area contributed by atoms with Gasteiger partial charge in [0.1, 0.15) is 0 Å². The van der Waals surface area contributed by atoms with Gasteiger partial charge >= 0.3 is 0 Å². The summed E-state index contributed by atoms with van der Waals surface area (Å²) in [5.41, 5.74) is 3.83. The van der Waals surface area contributed by atoms with E-state index in [1.807, 2.05) is 10.9 Å². The lowest BCUT2D eigenvalue weighted by Crippen LogP contribution is -2.19. The highest BCUT2D eigenvalue weighted by Crippen LogP contribution is 2.17. The van der Waals surface area contributed by atoms with Crippen LogP contribution in [-0.4, -0.2) is 21.3 Å². The van der Waals surface area contributed by atoms with Crippen LogP contribution in [0.5, 0.6) is 0 Å². The van der Waals surface area contributed by atoms with Crippen molar-refractivity contribution in [2.75, 3.05) is 6.54 Å². The van der Waals surface area contributed by atoms with Gasteiger partial charge in [-0.3, -0.25) is 4.68 Å². The number of nitrogens with zero attached hydrogens (tertiary/aromatic N) is 2. The van der Waals surface area contributed by atoms with Crippen molar-refractivity contribution in [3.05, 3.63) is 54.0 Å². The van der Waals surface area contributed by atoms with E-state index in [2.05, 4.69) is 58.9 Å². The molecule has 0 spiro atoms. The van der Waals surface area contributed by atoms with E-state index in [9.17, 15) is 0 Å². The minimum absolute atomic E-state index is 0.871. The molecule has 20 heavy (non-hydrogen) atoms. The maximum absolute atomic E-state index is 4.28. The van der Waals surface area contributed by atoms with Gasteiger partial charge < -0.3 is 10.3 Å². The summed E-state index contributed by atoms with van der Waals surface area (Å²) < 4.78 is 2.03. The molecule has 104 valence electrons. The van der Waals surface area contributed by atoms with Crippen LogP contribution in [0.1, 0.15) is 18.2 Å². The largest absolute Gasteiger partial charge is 0.361 e. The van der Waals surface area contributed by atoms with Crippen molar-refractivity contribution in [3.8, 4) is 0 Å². The lowest BCUT2D eigenvalue weighted by molar-refractivity contribution is 0.582. The van der Waals surface area contributed by atoms with Gasteiger partial charge in [0.05, 0.1) is 5.69 Å². The van der Waals surface area contributed by atoms with E-state index in [0.717, 1.165) is 26.1 Å². The monoisotopic (exact) mass is 268 g/mol. The van der Waals surface area contributed by atoms with Gasteiger partial charge in [-0.2, -0.15) is 5.10 Å². The minimum atomic E-state index is 0.871. The highest BCUT2D eigenvalue weighted by atomic mass is 15.3. The SMILES string of the molecule is CCn1nccc1CNCCc1c[nH]c2ccccc12.